The summed E-state index contributed by atoms with van der Waals surface area (Å²) in [5, 5.41) is 0. The molecule has 10 heteroatoms. The monoisotopic (exact) mass is 1390 g/mol. The van der Waals surface area contributed by atoms with Crippen molar-refractivity contribution in [3.8, 4) is 0 Å². The second-order valence-corrected chi connectivity index (χ2v) is 29.9. The average molecular weight is 1390 g/mol. The van der Waals surface area contributed by atoms with E-state index in [-0.39, 0.29) is 32.0 Å². The summed E-state index contributed by atoms with van der Waals surface area (Å²) in [6.45, 7) is 4.30. The largest absolute Gasteiger partial charge is 0.472 e. The molecule has 0 aromatic rings. The molecule has 9 nitrogen and oxygen atoms in total. The molecule has 0 fully saturated rings. The summed E-state index contributed by atoms with van der Waals surface area (Å²) in [7, 11) is 1.44. The molecule has 0 saturated carbocycles. The van der Waals surface area contributed by atoms with E-state index < -0.39 is 26.5 Å². The normalized spacial score (nSPS) is 13.7. The van der Waals surface area contributed by atoms with E-state index in [4.69, 9.17) is 18.5 Å². The van der Waals surface area contributed by atoms with E-state index in [1.807, 2.05) is 21.1 Å². The molecule has 98 heavy (non-hydrogen) atoms. The van der Waals surface area contributed by atoms with Crippen molar-refractivity contribution in [2.75, 3.05) is 47.5 Å². The SMILES string of the molecule is CC/C=C\C/C=C\C/C=C\C/C=C\C/C=C\C/C=C\C/C=C\C/C=C\C/C=C\C/C=C\CCCCC(=O)OC(COC(=O)CCCCCCCCCCCCCCCCCCCCCCCCCCCCCCC/C=C\CCCCCCCCCC)COP(=O)(O)OCC[N+](C)(C)C. The molecule has 0 amide bonds. The summed E-state index contributed by atoms with van der Waals surface area (Å²) in [6, 6.07) is 0. The van der Waals surface area contributed by atoms with Crippen molar-refractivity contribution in [2.24, 2.45) is 0 Å². The van der Waals surface area contributed by atoms with Gasteiger partial charge in [0, 0.05) is 12.8 Å². The Kier molecular flexibility index (Phi) is 74.3. The number of rotatable bonds is 75. The average Bonchev–Trinajstić information content (AvgIpc) is 1.08. The number of hydrogen-bond donors (Lipinski definition) is 1. The third kappa shape index (κ3) is 81.1. The highest BCUT2D eigenvalue weighted by molar-refractivity contribution is 7.47. The molecule has 2 atom stereocenters. The van der Waals surface area contributed by atoms with Crippen molar-refractivity contribution >= 4 is 19.8 Å². The lowest BCUT2D eigenvalue weighted by Gasteiger charge is -2.24. The molecule has 0 spiro atoms. The lowest BCUT2D eigenvalue weighted by molar-refractivity contribution is -0.870. The first kappa shape index (κ1) is 94.2. The van der Waals surface area contributed by atoms with E-state index in [0.29, 0.717) is 17.4 Å². The summed E-state index contributed by atoms with van der Waals surface area (Å²) >= 11 is 0. The third-order valence-electron chi connectivity index (χ3n) is 17.7. The van der Waals surface area contributed by atoms with Crippen LogP contribution in [0.1, 0.15) is 361 Å². The maximum absolute atomic E-state index is 12.9. The molecule has 0 bridgehead atoms. The predicted octanol–water partition coefficient (Wildman–Crippen LogP) is 27.5. The summed E-state index contributed by atoms with van der Waals surface area (Å²) in [6.07, 6.45) is 113. The zero-order valence-electron chi connectivity index (χ0n) is 64.5. The molecule has 2 unspecified atom stereocenters. The molecule has 0 aromatic heterocycles. The number of ether oxygens (including phenoxy) is 2. The predicted molar refractivity (Wildman–Crippen MR) is 427 cm³/mol. The van der Waals surface area contributed by atoms with E-state index in [0.717, 1.165) is 96.3 Å². The molecule has 0 aliphatic carbocycles. The van der Waals surface area contributed by atoms with Crippen LogP contribution in [0.3, 0.4) is 0 Å². The molecular weight excluding hydrogens is 1230 g/mol. The molecular formula is C88H155NO8P+. The number of phosphoric acid groups is 1. The minimum Gasteiger partial charge on any atom is -0.462 e. The fraction of sp³-hybridized carbons (Fsp3) is 0.727. The van der Waals surface area contributed by atoms with Crippen molar-refractivity contribution in [3.05, 3.63) is 134 Å². The topological polar surface area (TPSA) is 108 Å². The van der Waals surface area contributed by atoms with Gasteiger partial charge in [0.25, 0.3) is 0 Å². The molecule has 0 saturated heterocycles. The first-order chi connectivity index (χ1) is 48.0. The van der Waals surface area contributed by atoms with Crippen LogP contribution >= 0.6 is 7.82 Å². The Balaban J connectivity index is 4.01. The van der Waals surface area contributed by atoms with Gasteiger partial charge in [0.05, 0.1) is 27.7 Å². The summed E-state index contributed by atoms with van der Waals surface area (Å²) in [5.41, 5.74) is 0. The Hall–Kier alpha value is -3.85. The van der Waals surface area contributed by atoms with Gasteiger partial charge in [0.1, 0.15) is 19.8 Å². The highest BCUT2D eigenvalue weighted by atomic mass is 31.2. The van der Waals surface area contributed by atoms with Gasteiger partial charge < -0.3 is 18.9 Å². The summed E-state index contributed by atoms with van der Waals surface area (Å²) in [5.74, 6) is -0.844. The summed E-state index contributed by atoms with van der Waals surface area (Å²) < 4.78 is 34.7. The Morgan fingerprint density at radius 1 is 0.327 bits per heavy atom. The number of quaternary nitrogens is 1. The molecule has 0 aromatic carbocycles. The van der Waals surface area contributed by atoms with Crippen LogP contribution in [0.25, 0.3) is 0 Å². The Morgan fingerprint density at radius 2 is 0.582 bits per heavy atom. The highest BCUT2D eigenvalue weighted by Crippen LogP contribution is 2.43. The molecule has 0 heterocycles. The molecule has 0 aliphatic rings. The van der Waals surface area contributed by atoms with Gasteiger partial charge >= 0.3 is 19.8 Å². The van der Waals surface area contributed by atoms with Crippen molar-refractivity contribution in [1.82, 2.24) is 0 Å². The zero-order valence-corrected chi connectivity index (χ0v) is 65.4. The molecule has 0 rings (SSSR count). The van der Waals surface area contributed by atoms with Crippen LogP contribution in [0.5, 0.6) is 0 Å². The van der Waals surface area contributed by atoms with E-state index in [2.05, 4.69) is 148 Å². The number of likely N-dealkylation sites (N-methyl/N-ethyl adjacent to an activating group) is 1. The van der Waals surface area contributed by atoms with Crippen LogP contribution < -0.4 is 0 Å². The number of nitrogens with zero attached hydrogens (tertiary/aromatic N) is 1. The number of carbonyl (C=O) groups is 2. The van der Waals surface area contributed by atoms with Crippen LogP contribution in [0.15, 0.2) is 134 Å². The Labute approximate surface area is 606 Å². The molecule has 0 radical (unpaired) electrons. The van der Waals surface area contributed by atoms with Crippen LogP contribution in [0.2, 0.25) is 0 Å². The van der Waals surface area contributed by atoms with Gasteiger partial charge in [-0.1, -0.05) is 366 Å². The van der Waals surface area contributed by atoms with Gasteiger partial charge in [-0.05, 0) is 116 Å². The second kappa shape index (κ2) is 77.3. The fourth-order valence-electron chi connectivity index (χ4n) is 11.5. The molecule has 564 valence electrons. The van der Waals surface area contributed by atoms with Gasteiger partial charge in [0.2, 0.25) is 0 Å². The summed E-state index contributed by atoms with van der Waals surface area (Å²) in [4.78, 5) is 36.0. The van der Waals surface area contributed by atoms with Gasteiger partial charge in [-0.2, -0.15) is 0 Å². The van der Waals surface area contributed by atoms with E-state index in [9.17, 15) is 19.0 Å². The standard InChI is InChI=1S/C88H154NO8P/c1-6-8-10-12-14-16-18-20-22-24-26-28-30-32-34-36-38-40-41-42-43-44-45-46-47-49-50-52-54-56-58-60-62-64-66-68-70-72-74-76-78-80-87(90)94-84-86(85-96-98(92,93)95-83-82-89(3,4)5)97-88(91)81-79-77-75-73-71-69-67-65-63-61-59-57-55-53-51-48-39-37-35-33-31-29-27-25-23-21-19-17-15-13-11-9-7-2/h9,11,15,17,21,23-24,26-27,29,33,35,39,48,53,55,59,61,65,67,71,73,86H,6-8,10,12-14,16,18-20,22,25,28,30-32,34,36-38,40-47,49-52,54,56-58,60,62-64,66,68-70,72,74-85H2,1-5H3/p+1/b11-9-,17-15-,23-21-,26-24-,29-27-,35-33-,48-39-,55-53-,61-59-,67-65-,73-71-. The number of allylic oxidation sites excluding steroid dienone is 22. The maximum Gasteiger partial charge on any atom is 0.472 e. The highest BCUT2D eigenvalue weighted by Gasteiger charge is 2.27. The lowest BCUT2D eigenvalue weighted by atomic mass is 10.0. The first-order valence-electron chi connectivity index (χ1n) is 40.9. The molecule has 1 N–H and O–H groups in total. The third-order valence-corrected chi connectivity index (χ3v) is 18.6. The molecule has 0 aliphatic heterocycles. The van der Waals surface area contributed by atoms with Crippen LogP contribution in [-0.4, -0.2) is 74.9 Å². The first-order valence-corrected chi connectivity index (χ1v) is 42.4. The zero-order chi connectivity index (χ0) is 71.1. The number of carbonyl (C=O) groups excluding carboxylic acids is 2. The van der Waals surface area contributed by atoms with Crippen LogP contribution in [0.4, 0.5) is 0 Å². The van der Waals surface area contributed by atoms with Gasteiger partial charge in [-0.3, -0.25) is 18.6 Å². The number of esters is 2. The van der Waals surface area contributed by atoms with E-state index in [1.54, 1.807) is 0 Å². The second-order valence-electron chi connectivity index (χ2n) is 28.4. The number of unbranched alkanes of at least 4 members (excludes halogenated alkanes) is 39. The van der Waals surface area contributed by atoms with E-state index >= 15 is 0 Å². The van der Waals surface area contributed by atoms with Crippen molar-refractivity contribution in [1.29, 1.82) is 0 Å². The van der Waals surface area contributed by atoms with Crippen molar-refractivity contribution in [2.45, 2.75) is 367 Å². The van der Waals surface area contributed by atoms with Gasteiger partial charge in [-0.15, -0.1) is 0 Å². The van der Waals surface area contributed by atoms with Gasteiger partial charge in [-0.25, -0.2) is 4.57 Å². The Bertz CT molecular complexity index is 2120. The fourth-order valence-corrected chi connectivity index (χ4v) is 12.2. The lowest BCUT2D eigenvalue weighted by Crippen LogP contribution is -2.37. The maximum atomic E-state index is 12.9. The van der Waals surface area contributed by atoms with E-state index in [1.165, 1.54) is 231 Å². The number of hydrogen-bond acceptors (Lipinski definition) is 7. The minimum atomic E-state index is -4.42. The number of phosphoric ester groups is 1. The van der Waals surface area contributed by atoms with Crippen molar-refractivity contribution < 1.29 is 42.1 Å². The van der Waals surface area contributed by atoms with Crippen LogP contribution in [-0.2, 0) is 32.7 Å². The smallest absolute Gasteiger partial charge is 0.462 e. The Morgan fingerprint density at radius 3 is 0.898 bits per heavy atom. The quantitative estimate of drug-likeness (QED) is 0.0211. The van der Waals surface area contributed by atoms with Crippen LogP contribution in [0, 0.1) is 0 Å². The van der Waals surface area contributed by atoms with Gasteiger partial charge in [0.15, 0.2) is 6.10 Å². The minimum absolute atomic E-state index is 0.0176. The van der Waals surface area contributed by atoms with Crippen molar-refractivity contribution in [3.63, 3.8) is 0 Å².